The number of ether oxygens (including phenoxy) is 1. The van der Waals surface area contributed by atoms with E-state index in [2.05, 4.69) is 15.0 Å². The van der Waals surface area contributed by atoms with Crippen molar-refractivity contribution >= 4 is 5.69 Å². The molecule has 2 rings (SSSR count). The Morgan fingerprint density at radius 3 is 2.94 bits per heavy atom. The van der Waals surface area contributed by atoms with Gasteiger partial charge in [0, 0.05) is 12.3 Å². The minimum atomic E-state index is -0.227. The van der Waals surface area contributed by atoms with Gasteiger partial charge >= 0.3 is 0 Å². The van der Waals surface area contributed by atoms with Crippen LogP contribution in [0.2, 0.25) is 0 Å². The maximum Gasteiger partial charge on any atom is 0.251 e. The van der Waals surface area contributed by atoms with Gasteiger partial charge in [-0.05, 0) is 13.8 Å². The number of aryl methyl sites for hydroxylation is 1. The van der Waals surface area contributed by atoms with Gasteiger partial charge in [-0.15, -0.1) is 0 Å². The third-order valence-electron chi connectivity index (χ3n) is 2.44. The lowest BCUT2D eigenvalue weighted by atomic mass is 10.2. The highest BCUT2D eigenvalue weighted by atomic mass is 16.5. The lowest BCUT2D eigenvalue weighted by Gasteiger charge is -2.09. The number of nitrogens with two attached hydrogens (primary N) is 1. The molecule has 94 valence electrons. The van der Waals surface area contributed by atoms with Crippen LogP contribution in [0.4, 0.5) is 5.69 Å². The Morgan fingerprint density at radius 2 is 2.28 bits per heavy atom. The summed E-state index contributed by atoms with van der Waals surface area (Å²) in [5, 5.41) is 0. The zero-order chi connectivity index (χ0) is 13.1. The van der Waals surface area contributed by atoms with E-state index in [0.29, 0.717) is 35.1 Å². The molecule has 0 unspecified atom stereocenters. The molecule has 0 spiro atoms. The van der Waals surface area contributed by atoms with Crippen LogP contribution in [0.25, 0.3) is 11.4 Å². The predicted octanol–water partition coefficient (Wildman–Crippen LogP) is 1.12. The number of aromatic amines is 1. The summed E-state index contributed by atoms with van der Waals surface area (Å²) >= 11 is 0. The van der Waals surface area contributed by atoms with E-state index in [4.69, 9.17) is 10.5 Å². The molecule has 0 aliphatic carbocycles. The molecule has 0 saturated heterocycles. The number of aromatic nitrogens is 3. The molecule has 2 aromatic heterocycles. The standard InChI is InChI=1S/C12H14N4O2/c1-3-18-10-4-11(17)14-5-8(10)12-15-6-9(13)7(2)16-12/h4-6H,3,13H2,1-2H3,(H,14,17). The smallest absolute Gasteiger partial charge is 0.251 e. The highest BCUT2D eigenvalue weighted by Crippen LogP contribution is 2.25. The topological polar surface area (TPSA) is 93.9 Å². The van der Waals surface area contributed by atoms with Crippen LogP contribution in [0, 0.1) is 6.92 Å². The van der Waals surface area contributed by atoms with Crippen molar-refractivity contribution in [3.8, 4) is 17.1 Å². The van der Waals surface area contributed by atoms with Crippen molar-refractivity contribution in [3.05, 3.63) is 34.5 Å². The Bertz CT molecular complexity index is 622. The van der Waals surface area contributed by atoms with Gasteiger partial charge in [-0.3, -0.25) is 4.79 Å². The van der Waals surface area contributed by atoms with Crippen LogP contribution >= 0.6 is 0 Å². The van der Waals surface area contributed by atoms with Gasteiger partial charge < -0.3 is 15.5 Å². The molecule has 6 heteroatoms. The summed E-state index contributed by atoms with van der Waals surface area (Å²) in [5.41, 5.74) is 7.30. The third kappa shape index (κ3) is 2.32. The summed E-state index contributed by atoms with van der Waals surface area (Å²) in [5.74, 6) is 0.937. The molecule has 0 radical (unpaired) electrons. The lowest BCUT2D eigenvalue weighted by molar-refractivity contribution is 0.340. The fourth-order valence-corrected chi connectivity index (χ4v) is 1.51. The van der Waals surface area contributed by atoms with E-state index in [1.54, 1.807) is 13.1 Å². The van der Waals surface area contributed by atoms with Crippen molar-refractivity contribution in [1.29, 1.82) is 0 Å². The van der Waals surface area contributed by atoms with Gasteiger partial charge in [0.15, 0.2) is 5.82 Å². The first kappa shape index (κ1) is 12.1. The maximum atomic E-state index is 11.3. The minimum absolute atomic E-state index is 0.227. The molecule has 18 heavy (non-hydrogen) atoms. The Labute approximate surface area is 104 Å². The Kier molecular flexibility index (Phi) is 3.27. The number of H-pyrrole nitrogens is 1. The molecule has 0 amide bonds. The first-order chi connectivity index (χ1) is 8.61. The number of rotatable bonds is 3. The molecule has 0 atom stereocenters. The molecule has 2 aromatic rings. The maximum absolute atomic E-state index is 11.3. The van der Waals surface area contributed by atoms with Crippen LogP contribution < -0.4 is 16.0 Å². The second kappa shape index (κ2) is 4.87. The summed E-state index contributed by atoms with van der Waals surface area (Å²) in [4.78, 5) is 22.3. The Hall–Kier alpha value is -2.37. The van der Waals surface area contributed by atoms with E-state index in [1.165, 1.54) is 12.3 Å². The molecule has 0 aliphatic rings. The fraction of sp³-hybridized carbons (Fsp3) is 0.250. The van der Waals surface area contributed by atoms with E-state index < -0.39 is 0 Å². The highest BCUT2D eigenvalue weighted by molar-refractivity contribution is 5.63. The largest absolute Gasteiger partial charge is 0.493 e. The normalized spacial score (nSPS) is 10.3. The van der Waals surface area contributed by atoms with Crippen LogP contribution in [0.3, 0.4) is 0 Å². The van der Waals surface area contributed by atoms with Gasteiger partial charge in [0.2, 0.25) is 0 Å². The van der Waals surface area contributed by atoms with Crippen LogP contribution in [-0.2, 0) is 0 Å². The van der Waals surface area contributed by atoms with Gasteiger partial charge in [0.1, 0.15) is 5.75 Å². The summed E-state index contributed by atoms with van der Waals surface area (Å²) in [7, 11) is 0. The van der Waals surface area contributed by atoms with Gasteiger partial charge in [-0.25, -0.2) is 9.97 Å². The van der Waals surface area contributed by atoms with Gasteiger partial charge in [0.25, 0.3) is 5.56 Å². The Balaban J connectivity index is 2.55. The van der Waals surface area contributed by atoms with E-state index in [1.807, 2.05) is 6.92 Å². The van der Waals surface area contributed by atoms with Crippen molar-refractivity contribution in [2.75, 3.05) is 12.3 Å². The average Bonchev–Trinajstić information content (AvgIpc) is 2.34. The number of pyridine rings is 1. The molecule has 0 aliphatic heterocycles. The predicted molar refractivity (Wildman–Crippen MR) is 68.4 cm³/mol. The van der Waals surface area contributed by atoms with E-state index in [9.17, 15) is 4.79 Å². The number of anilines is 1. The van der Waals surface area contributed by atoms with E-state index in [0.717, 1.165) is 0 Å². The SMILES string of the molecule is CCOc1cc(=O)[nH]cc1-c1ncc(N)c(C)n1. The molecule has 6 nitrogen and oxygen atoms in total. The zero-order valence-corrected chi connectivity index (χ0v) is 10.2. The molecular weight excluding hydrogens is 232 g/mol. The Morgan fingerprint density at radius 1 is 1.50 bits per heavy atom. The fourth-order valence-electron chi connectivity index (χ4n) is 1.51. The molecule has 0 saturated carbocycles. The van der Waals surface area contributed by atoms with Crippen LogP contribution in [0.5, 0.6) is 5.75 Å². The molecule has 2 heterocycles. The average molecular weight is 246 g/mol. The van der Waals surface area contributed by atoms with E-state index >= 15 is 0 Å². The number of nitrogen functional groups attached to an aromatic ring is 1. The zero-order valence-electron chi connectivity index (χ0n) is 10.2. The van der Waals surface area contributed by atoms with Gasteiger partial charge in [-0.2, -0.15) is 0 Å². The molecule has 0 aromatic carbocycles. The number of nitrogens with zero attached hydrogens (tertiary/aromatic N) is 2. The number of hydrogen-bond acceptors (Lipinski definition) is 5. The second-order valence-electron chi connectivity index (χ2n) is 3.74. The molecule has 0 bridgehead atoms. The highest BCUT2D eigenvalue weighted by Gasteiger charge is 2.11. The van der Waals surface area contributed by atoms with Gasteiger partial charge in [-0.1, -0.05) is 0 Å². The van der Waals surface area contributed by atoms with Crippen LogP contribution in [-0.4, -0.2) is 21.6 Å². The molecule has 3 N–H and O–H groups in total. The first-order valence-corrected chi connectivity index (χ1v) is 5.57. The summed E-state index contributed by atoms with van der Waals surface area (Å²) in [6.45, 7) is 4.11. The van der Waals surface area contributed by atoms with Crippen LogP contribution in [0.1, 0.15) is 12.6 Å². The summed E-state index contributed by atoms with van der Waals surface area (Å²) in [6.07, 6.45) is 3.08. The first-order valence-electron chi connectivity index (χ1n) is 5.57. The van der Waals surface area contributed by atoms with E-state index in [-0.39, 0.29) is 5.56 Å². The van der Waals surface area contributed by atoms with Crippen molar-refractivity contribution < 1.29 is 4.74 Å². The third-order valence-corrected chi connectivity index (χ3v) is 2.44. The monoisotopic (exact) mass is 246 g/mol. The molecule has 0 fully saturated rings. The second-order valence-corrected chi connectivity index (χ2v) is 3.74. The van der Waals surface area contributed by atoms with Gasteiger partial charge in [0.05, 0.1) is 29.7 Å². The van der Waals surface area contributed by atoms with Crippen molar-refractivity contribution in [2.24, 2.45) is 0 Å². The lowest BCUT2D eigenvalue weighted by Crippen LogP contribution is -2.07. The molecular formula is C12H14N4O2. The van der Waals surface area contributed by atoms with Crippen molar-refractivity contribution in [3.63, 3.8) is 0 Å². The summed E-state index contributed by atoms with van der Waals surface area (Å²) < 4.78 is 5.41. The number of hydrogen-bond donors (Lipinski definition) is 2. The quantitative estimate of drug-likeness (QED) is 0.846. The van der Waals surface area contributed by atoms with Crippen molar-refractivity contribution in [2.45, 2.75) is 13.8 Å². The summed E-state index contributed by atoms with van der Waals surface area (Å²) in [6, 6.07) is 1.38. The minimum Gasteiger partial charge on any atom is -0.493 e. The number of nitrogens with one attached hydrogen (secondary N) is 1. The van der Waals surface area contributed by atoms with Crippen LogP contribution in [0.15, 0.2) is 23.3 Å². The van der Waals surface area contributed by atoms with Crippen molar-refractivity contribution in [1.82, 2.24) is 15.0 Å².